The van der Waals surface area contributed by atoms with Crippen LogP contribution in [-0.2, 0) is 19.9 Å². The Morgan fingerprint density at radius 1 is 0.840 bits per heavy atom. The van der Waals surface area contributed by atoms with Gasteiger partial charge < -0.3 is 0 Å². The van der Waals surface area contributed by atoms with Crippen LogP contribution in [0.1, 0.15) is 12.5 Å². The summed E-state index contributed by atoms with van der Waals surface area (Å²) < 4.78 is 52.7. The largest absolute Gasteiger partial charge is 0.243 e. The molecule has 5 nitrogen and oxygen atoms in total. The van der Waals surface area contributed by atoms with Crippen LogP contribution < -0.4 is 0 Å². The lowest BCUT2D eigenvalue weighted by Gasteiger charge is -2.17. The van der Waals surface area contributed by atoms with E-state index >= 15 is 0 Å². The number of nitrogens with zero attached hydrogens (tertiary/aromatic N) is 1. The molecule has 1 saturated heterocycles. The Hall–Kier alpha value is -1.70. The van der Waals surface area contributed by atoms with Gasteiger partial charge in [0.15, 0.2) is 9.84 Å². The SMILES string of the molecule is Cc1ccc(S(=O)(=O)N2C[C@H](C)[C@@H](S(=O)(=O)c3ccccc3)C2)cc1. The summed E-state index contributed by atoms with van der Waals surface area (Å²) in [6, 6.07) is 14.8. The van der Waals surface area contributed by atoms with Crippen molar-refractivity contribution >= 4 is 19.9 Å². The highest BCUT2D eigenvalue weighted by Crippen LogP contribution is 2.31. The third-order valence-corrected chi connectivity index (χ3v) is 8.82. The minimum Gasteiger partial charge on any atom is -0.223 e. The number of sulfone groups is 1. The van der Waals surface area contributed by atoms with Crippen LogP contribution in [0.5, 0.6) is 0 Å². The molecule has 2 atom stereocenters. The second-order valence-corrected chi connectivity index (χ2v) is 10.6. The Balaban J connectivity index is 1.90. The summed E-state index contributed by atoms with van der Waals surface area (Å²) in [5.74, 6) is -0.273. The summed E-state index contributed by atoms with van der Waals surface area (Å²) in [6.07, 6.45) is 0. The molecule has 0 bridgehead atoms. The molecule has 1 heterocycles. The molecule has 0 aliphatic carbocycles. The fraction of sp³-hybridized carbons (Fsp3) is 0.333. The highest BCUT2D eigenvalue weighted by atomic mass is 32.2. The molecule has 25 heavy (non-hydrogen) atoms. The van der Waals surface area contributed by atoms with Crippen molar-refractivity contribution in [3.63, 3.8) is 0 Å². The van der Waals surface area contributed by atoms with E-state index in [1.165, 1.54) is 4.31 Å². The molecule has 2 aromatic carbocycles. The second-order valence-electron chi connectivity index (χ2n) is 6.51. The van der Waals surface area contributed by atoms with Crippen molar-refractivity contribution < 1.29 is 16.8 Å². The van der Waals surface area contributed by atoms with Crippen molar-refractivity contribution in [1.82, 2.24) is 4.31 Å². The van der Waals surface area contributed by atoms with Crippen molar-refractivity contribution in [2.45, 2.75) is 28.9 Å². The van der Waals surface area contributed by atoms with Crippen molar-refractivity contribution in [1.29, 1.82) is 0 Å². The van der Waals surface area contributed by atoms with Crippen molar-refractivity contribution in [2.24, 2.45) is 5.92 Å². The number of sulfonamides is 1. The minimum absolute atomic E-state index is 0.0192. The number of rotatable bonds is 4. The van der Waals surface area contributed by atoms with E-state index in [2.05, 4.69) is 0 Å². The molecular weight excluding hydrogens is 358 g/mol. The zero-order chi connectivity index (χ0) is 18.2. The summed E-state index contributed by atoms with van der Waals surface area (Å²) in [5, 5.41) is -0.741. The van der Waals surface area contributed by atoms with E-state index in [4.69, 9.17) is 0 Å². The Morgan fingerprint density at radius 2 is 1.44 bits per heavy atom. The van der Waals surface area contributed by atoms with Crippen LogP contribution >= 0.6 is 0 Å². The van der Waals surface area contributed by atoms with E-state index in [0.717, 1.165) is 5.56 Å². The Morgan fingerprint density at radius 3 is 2.04 bits per heavy atom. The van der Waals surface area contributed by atoms with Gasteiger partial charge in [-0.25, -0.2) is 16.8 Å². The van der Waals surface area contributed by atoms with Gasteiger partial charge in [0.05, 0.1) is 15.0 Å². The number of benzene rings is 2. The summed E-state index contributed by atoms with van der Waals surface area (Å²) in [5.41, 5.74) is 0.971. The van der Waals surface area contributed by atoms with Crippen LogP contribution in [0.25, 0.3) is 0 Å². The highest BCUT2D eigenvalue weighted by molar-refractivity contribution is 7.92. The molecule has 0 spiro atoms. The Bertz CT molecular complexity index is 952. The van der Waals surface area contributed by atoms with Gasteiger partial charge in [-0.15, -0.1) is 0 Å². The van der Waals surface area contributed by atoms with E-state index in [9.17, 15) is 16.8 Å². The summed E-state index contributed by atoms with van der Waals surface area (Å²) >= 11 is 0. The molecule has 0 saturated carbocycles. The van der Waals surface area contributed by atoms with Crippen LogP contribution in [0.2, 0.25) is 0 Å². The lowest BCUT2D eigenvalue weighted by molar-refractivity contribution is 0.464. The molecular formula is C18H21NO4S2. The summed E-state index contributed by atoms with van der Waals surface area (Å²) in [7, 11) is -7.27. The van der Waals surface area contributed by atoms with Gasteiger partial charge in [0.2, 0.25) is 10.0 Å². The molecule has 3 rings (SSSR count). The van der Waals surface area contributed by atoms with E-state index < -0.39 is 25.1 Å². The smallest absolute Gasteiger partial charge is 0.223 e. The first-order valence-electron chi connectivity index (χ1n) is 8.08. The summed E-state index contributed by atoms with van der Waals surface area (Å²) in [6.45, 7) is 3.86. The zero-order valence-electron chi connectivity index (χ0n) is 14.2. The lowest BCUT2D eigenvalue weighted by Crippen LogP contribution is -2.32. The van der Waals surface area contributed by atoms with Gasteiger partial charge in [-0.3, -0.25) is 0 Å². The summed E-state index contributed by atoms with van der Waals surface area (Å²) in [4.78, 5) is 0.435. The Labute approximate surface area is 149 Å². The minimum atomic E-state index is -3.69. The second kappa shape index (κ2) is 6.55. The average molecular weight is 380 g/mol. The quantitative estimate of drug-likeness (QED) is 0.818. The molecule has 1 aliphatic heterocycles. The van der Waals surface area contributed by atoms with E-state index in [1.807, 2.05) is 6.92 Å². The van der Waals surface area contributed by atoms with Crippen LogP contribution in [0, 0.1) is 12.8 Å². The molecule has 0 aromatic heterocycles. The first-order valence-corrected chi connectivity index (χ1v) is 11.1. The first-order chi connectivity index (χ1) is 11.7. The predicted octanol–water partition coefficient (Wildman–Crippen LogP) is 2.48. The predicted molar refractivity (Wildman–Crippen MR) is 96.5 cm³/mol. The molecule has 7 heteroatoms. The third-order valence-electron chi connectivity index (χ3n) is 4.64. The fourth-order valence-electron chi connectivity index (χ4n) is 3.14. The number of hydrogen-bond acceptors (Lipinski definition) is 4. The average Bonchev–Trinajstić information content (AvgIpc) is 2.99. The normalized spacial score (nSPS) is 22.2. The van der Waals surface area contributed by atoms with Crippen LogP contribution in [0.15, 0.2) is 64.4 Å². The maximum absolute atomic E-state index is 12.9. The molecule has 0 amide bonds. The van der Waals surface area contributed by atoms with E-state index in [1.54, 1.807) is 61.5 Å². The van der Waals surface area contributed by atoms with Crippen molar-refractivity contribution in [3.8, 4) is 0 Å². The van der Waals surface area contributed by atoms with Crippen molar-refractivity contribution in [2.75, 3.05) is 13.1 Å². The van der Waals surface area contributed by atoms with E-state index in [0.29, 0.717) is 0 Å². The van der Waals surface area contributed by atoms with E-state index in [-0.39, 0.29) is 28.8 Å². The van der Waals surface area contributed by atoms with Crippen LogP contribution in [0.3, 0.4) is 0 Å². The standard InChI is InChI=1S/C18H21NO4S2/c1-14-8-10-17(11-9-14)25(22,23)19-12-15(2)18(13-19)24(20,21)16-6-4-3-5-7-16/h3-11,15,18H,12-13H2,1-2H3/t15-,18-/m0/s1. The molecule has 134 valence electrons. The lowest BCUT2D eigenvalue weighted by atomic mass is 10.1. The van der Waals surface area contributed by atoms with Gasteiger partial charge in [0.25, 0.3) is 0 Å². The molecule has 0 radical (unpaired) electrons. The molecule has 1 aliphatic rings. The zero-order valence-corrected chi connectivity index (χ0v) is 15.8. The van der Waals surface area contributed by atoms with Gasteiger partial charge in [0, 0.05) is 13.1 Å². The number of aryl methyl sites for hydroxylation is 1. The monoisotopic (exact) mass is 379 g/mol. The maximum atomic E-state index is 12.9. The third kappa shape index (κ3) is 3.36. The molecule has 0 N–H and O–H groups in total. The fourth-order valence-corrected chi connectivity index (χ4v) is 6.76. The van der Waals surface area contributed by atoms with Gasteiger partial charge in [-0.2, -0.15) is 4.31 Å². The van der Waals surface area contributed by atoms with Gasteiger partial charge in [-0.05, 0) is 37.1 Å². The Kier molecular flexibility index (Phi) is 4.74. The van der Waals surface area contributed by atoms with Gasteiger partial charge in [-0.1, -0.05) is 42.8 Å². The molecule has 1 fully saturated rings. The first kappa shape index (κ1) is 18.1. The van der Waals surface area contributed by atoms with Crippen LogP contribution in [0.4, 0.5) is 0 Å². The van der Waals surface area contributed by atoms with Gasteiger partial charge >= 0.3 is 0 Å². The molecule has 0 unspecified atom stereocenters. The topological polar surface area (TPSA) is 71.5 Å². The maximum Gasteiger partial charge on any atom is 0.243 e. The van der Waals surface area contributed by atoms with Crippen molar-refractivity contribution in [3.05, 3.63) is 60.2 Å². The molecule has 2 aromatic rings. The number of hydrogen-bond donors (Lipinski definition) is 0. The van der Waals surface area contributed by atoms with Crippen LogP contribution in [-0.4, -0.2) is 39.5 Å². The van der Waals surface area contributed by atoms with Gasteiger partial charge in [0.1, 0.15) is 0 Å². The highest BCUT2D eigenvalue weighted by Gasteiger charge is 2.44.